The third kappa shape index (κ3) is 2.26. The molecule has 2 atom stereocenters. The molecule has 3 rings (SSSR count). The van der Waals surface area contributed by atoms with Crippen LogP contribution in [0.3, 0.4) is 0 Å². The maximum Gasteiger partial charge on any atom is 0.0986 e. The van der Waals surface area contributed by atoms with Crippen LogP contribution in [0.2, 0.25) is 0 Å². The van der Waals surface area contributed by atoms with Gasteiger partial charge in [-0.05, 0) is 32.2 Å². The second-order valence-electron chi connectivity index (χ2n) is 4.93. The maximum absolute atomic E-state index is 5.47. The van der Waals surface area contributed by atoms with Crippen LogP contribution in [0.1, 0.15) is 53.7 Å². The Bertz CT molecular complexity index is 385. The fraction of sp³-hybridized carbons (Fsp3) is 0.769. The smallest absolute Gasteiger partial charge is 0.0986 e. The number of nitrogens with one attached hydrogen (secondary N) is 1. The highest BCUT2D eigenvalue weighted by Crippen LogP contribution is 2.38. The van der Waals surface area contributed by atoms with E-state index < -0.39 is 0 Å². The second-order valence-corrected chi connectivity index (χ2v) is 5.99. The molecule has 1 aromatic rings. The summed E-state index contributed by atoms with van der Waals surface area (Å²) in [6, 6.07) is 0.553. The Morgan fingerprint density at radius 3 is 3.18 bits per heavy atom. The zero-order valence-electron chi connectivity index (χ0n) is 10.4. The summed E-state index contributed by atoms with van der Waals surface area (Å²) in [4.78, 5) is 6.36. The molecule has 1 aromatic heterocycles. The van der Waals surface area contributed by atoms with E-state index in [2.05, 4.69) is 12.2 Å². The van der Waals surface area contributed by atoms with Crippen LogP contribution in [0.15, 0.2) is 0 Å². The maximum atomic E-state index is 5.47. The van der Waals surface area contributed by atoms with Gasteiger partial charge in [-0.15, -0.1) is 11.3 Å². The van der Waals surface area contributed by atoms with Gasteiger partial charge in [0.1, 0.15) is 0 Å². The predicted molar refractivity (Wildman–Crippen MR) is 69.6 cm³/mol. The van der Waals surface area contributed by atoms with Crippen LogP contribution in [0.5, 0.6) is 0 Å². The van der Waals surface area contributed by atoms with Gasteiger partial charge in [-0.25, -0.2) is 4.98 Å². The van der Waals surface area contributed by atoms with Crippen molar-refractivity contribution in [1.82, 2.24) is 10.3 Å². The molecule has 0 spiro atoms. The molecule has 0 amide bonds. The number of thiazole rings is 1. The number of hydrogen-bond acceptors (Lipinski definition) is 4. The molecule has 94 valence electrons. The lowest BCUT2D eigenvalue weighted by Gasteiger charge is -2.21. The van der Waals surface area contributed by atoms with Crippen molar-refractivity contribution in [2.75, 3.05) is 19.8 Å². The van der Waals surface area contributed by atoms with Crippen molar-refractivity contribution in [2.24, 2.45) is 0 Å². The second kappa shape index (κ2) is 5.04. The highest BCUT2D eigenvalue weighted by molar-refractivity contribution is 7.12. The third-order valence-corrected chi connectivity index (χ3v) is 5.07. The predicted octanol–water partition coefficient (Wildman–Crippen LogP) is 2.63. The fourth-order valence-corrected chi connectivity index (χ4v) is 4.13. The topological polar surface area (TPSA) is 34.2 Å². The molecular weight excluding hydrogens is 232 g/mol. The van der Waals surface area contributed by atoms with E-state index in [9.17, 15) is 0 Å². The minimum absolute atomic E-state index is 0.553. The Kier molecular flexibility index (Phi) is 3.45. The number of nitrogens with zero attached hydrogens (tertiary/aromatic N) is 1. The lowest BCUT2D eigenvalue weighted by molar-refractivity contribution is 0.194. The Hall–Kier alpha value is -0.450. The van der Waals surface area contributed by atoms with Crippen molar-refractivity contribution in [3.8, 4) is 0 Å². The minimum Gasteiger partial charge on any atom is -0.381 e. The van der Waals surface area contributed by atoms with Gasteiger partial charge in [0.25, 0.3) is 0 Å². The molecule has 2 unspecified atom stereocenters. The van der Waals surface area contributed by atoms with Crippen molar-refractivity contribution < 1.29 is 4.74 Å². The van der Waals surface area contributed by atoms with Crippen LogP contribution in [0.4, 0.5) is 0 Å². The monoisotopic (exact) mass is 252 g/mol. The first kappa shape index (κ1) is 11.6. The number of rotatable bonds is 3. The summed E-state index contributed by atoms with van der Waals surface area (Å²) in [5, 5.41) is 4.90. The van der Waals surface area contributed by atoms with Gasteiger partial charge in [0.05, 0.1) is 17.3 Å². The van der Waals surface area contributed by atoms with E-state index in [1.807, 2.05) is 11.3 Å². The van der Waals surface area contributed by atoms with Crippen LogP contribution in [0.25, 0.3) is 0 Å². The van der Waals surface area contributed by atoms with Gasteiger partial charge in [-0.3, -0.25) is 0 Å². The summed E-state index contributed by atoms with van der Waals surface area (Å²) in [6.07, 6.45) is 4.86. The van der Waals surface area contributed by atoms with E-state index in [0.717, 1.165) is 26.2 Å². The molecule has 0 saturated carbocycles. The lowest BCUT2D eigenvalue weighted by atomic mass is 9.98. The minimum atomic E-state index is 0.553. The highest BCUT2D eigenvalue weighted by atomic mass is 32.1. The molecule has 4 heteroatoms. The molecule has 0 radical (unpaired) electrons. The SMILES string of the molecule is CCNC1CCCc2nc(C3CCOC3)sc21. The quantitative estimate of drug-likeness (QED) is 0.898. The van der Waals surface area contributed by atoms with Crippen molar-refractivity contribution in [2.45, 2.75) is 44.6 Å². The molecule has 3 nitrogen and oxygen atoms in total. The number of hydrogen-bond donors (Lipinski definition) is 1. The van der Waals surface area contributed by atoms with Gasteiger partial charge < -0.3 is 10.1 Å². The number of fused-ring (bicyclic) bond motifs is 1. The van der Waals surface area contributed by atoms with E-state index in [1.54, 1.807) is 0 Å². The molecule has 1 aliphatic carbocycles. The van der Waals surface area contributed by atoms with E-state index in [1.165, 1.54) is 34.8 Å². The van der Waals surface area contributed by atoms with Crippen molar-refractivity contribution in [3.05, 3.63) is 15.6 Å². The summed E-state index contributed by atoms with van der Waals surface area (Å²) in [5.74, 6) is 0.563. The van der Waals surface area contributed by atoms with Crippen LogP contribution in [0, 0.1) is 0 Å². The molecule has 1 saturated heterocycles. The lowest BCUT2D eigenvalue weighted by Crippen LogP contribution is -2.23. The fourth-order valence-electron chi connectivity index (χ4n) is 2.78. The summed E-state index contributed by atoms with van der Waals surface area (Å²) in [7, 11) is 0. The highest BCUT2D eigenvalue weighted by Gasteiger charge is 2.28. The molecule has 2 aliphatic rings. The summed E-state index contributed by atoms with van der Waals surface area (Å²) in [5.41, 5.74) is 1.36. The molecule has 1 aliphatic heterocycles. The van der Waals surface area contributed by atoms with Crippen molar-refractivity contribution in [3.63, 3.8) is 0 Å². The van der Waals surface area contributed by atoms with E-state index in [4.69, 9.17) is 9.72 Å². The van der Waals surface area contributed by atoms with Gasteiger partial charge in [0.15, 0.2) is 0 Å². The molecular formula is C13H20N2OS. The first-order chi connectivity index (χ1) is 8.38. The standard InChI is InChI=1S/C13H20N2OS/c1-2-14-10-4-3-5-11-12(10)17-13(15-11)9-6-7-16-8-9/h9-10,14H,2-8H2,1H3. The third-order valence-electron chi connectivity index (χ3n) is 3.70. The molecule has 1 N–H and O–H groups in total. The van der Waals surface area contributed by atoms with E-state index in [-0.39, 0.29) is 0 Å². The Morgan fingerprint density at radius 1 is 1.47 bits per heavy atom. The van der Waals surface area contributed by atoms with Gasteiger partial charge in [-0.1, -0.05) is 6.92 Å². The van der Waals surface area contributed by atoms with Crippen LogP contribution in [-0.2, 0) is 11.2 Å². The zero-order chi connectivity index (χ0) is 11.7. The van der Waals surface area contributed by atoms with E-state index in [0.29, 0.717) is 12.0 Å². The van der Waals surface area contributed by atoms with Crippen LogP contribution in [-0.4, -0.2) is 24.7 Å². The average molecular weight is 252 g/mol. The number of aryl methyl sites for hydroxylation is 1. The summed E-state index contributed by atoms with van der Waals surface area (Å²) in [6.45, 7) is 5.01. The van der Waals surface area contributed by atoms with Crippen LogP contribution < -0.4 is 5.32 Å². The number of aromatic nitrogens is 1. The Morgan fingerprint density at radius 2 is 2.41 bits per heavy atom. The summed E-state index contributed by atoms with van der Waals surface area (Å²) >= 11 is 1.93. The van der Waals surface area contributed by atoms with Crippen molar-refractivity contribution in [1.29, 1.82) is 0 Å². The largest absolute Gasteiger partial charge is 0.381 e. The molecule has 0 aromatic carbocycles. The summed E-state index contributed by atoms with van der Waals surface area (Å²) < 4.78 is 5.47. The van der Waals surface area contributed by atoms with Gasteiger partial charge in [0, 0.05) is 23.4 Å². The first-order valence-electron chi connectivity index (χ1n) is 6.69. The van der Waals surface area contributed by atoms with Crippen molar-refractivity contribution >= 4 is 11.3 Å². The first-order valence-corrected chi connectivity index (χ1v) is 7.50. The van der Waals surface area contributed by atoms with Crippen LogP contribution >= 0.6 is 11.3 Å². The molecule has 2 heterocycles. The molecule has 0 bridgehead atoms. The number of ether oxygens (including phenoxy) is 1. The Balaban J connectivity index is 1.84. The molecule has 1 fully saturated rings. The zero-order valence-corrected chi connectivity index (χ0v) is 11.2. The van der Waals surface area contributed by atoms with Gasteiger partial charge >= 0.3 is 0 Å². The average Bonchev–Trinajstić information content (AvgIpc) is 2.98. The van der Waals surface area contributed by atoms with Gasteiger partial charge in [-0.2, -0.15) is 0 Å². The van der Waals surface area contributed by atoms with E-state index >= 15 is 0 Å². The normalized spacial score (nSPS) is 28.3. The Labute approximate surface area is 107 Å². The van der Waals surface area contributed by atoms with Gasteiger partial charge in [0.2, 0.25) is 0 Å². The molecule has 17 heavy (non-hydrogen) atoms.